The second kappa shape index (κ2) is 2.65. The Morgan fingerprint density at radius 2 is 2.42 bits per heavy atom. The molecule has 6 heteroatoms. The van der Waals surface area contributed by atoms with Gasteiger partial charge in [-0.3, -0.25) is 0 Å². The van der Waals surface area contributed by atoms with E-state index in [1.165, 1.54) is 11.3 Å². The molecule has 1 aliphatic rings. The summed E-state index contributed by atoms with van der Waals surface area (Å²) in [6, 6.07) is 3.72. The van der Waals surface area contributed by atoms with Crippen molar-refractivity contribution in [3.05, 3.63) is 22.4 Å². The minimum absolute atomic E-state index is 0.308. The lowest BCUT2D eigenvalue weighted by molar-refractivity contribution is 0.592. The first-order chi connectivity index (χ1) is 5.67. The fraction of sp³-hybridized carbons (Fsp3) is 0.167. The van der Waals surface area contributed by atoms with Crippen LogP contribution in [0.4, 0.5) is 0 Å². The number of thiophene rings is 1. The van der Waals surface area contributed by atoms with E-state index in [0.29, 0.717) is 12.3 Å². The van der Waals surface area contributed by atoms with E-state index in [1.807, 2.05) is 17.5 Å². The Balaban J connectivity index is 2.41. The zero-order valence-corrected chi connectivity index (χ0v) is 7.65. The molecular weight excluding hydrogens is 196 g/mol. The van der Waals surface area contributed by atoms with Gasteiger partial charge in [0.1, 0.15) is 0 Å². The van der Waals surface area contributed by atoms with Crippen LogP contribution in [0.5, 0.6) is 0 Å². The Kier molecular flexibility index (Phi) is 1.75. The first-order valence-corrected chi connectivity index (χ1v) is 5.62. The first kappa shape index (κ1) is 7.90. The zero-order chi connectivity index (χ0) is 8.60. The van der Waals surface area contributed by atoms with E-state index in [0.717, 1.165) is 4.88 Å². The average molecular weight is 202 g/mol. The monoisotopic (exact) mass is 202 g/mol. The third-order valence-electron chi connectivity index (χ3n) is 1.46. The van der Waals surface area contributed by atoms with Gasteiger partial charge in [0.25, 0.3) is 0 Å². The lowest BCUT2D eigenvalue weighted by Gasteiger charge is -1.88. The lowest BCUT2D eigenvalue weighted by Crippen LogP contribution is -2.17. The highest BCUT2D eigenvalue weighted by atomic mass is 32.2. The SMILES string of the molecule is O=S1(=O)N=C(c2cccs2)CN1. The van der Waals surface area contributed by atoms with Gasteiger partial charge in [-0.15, -0.1) is 11.3 Å². The normalized spacial score (nSPS) is 20.8. The van der Waals surface area contributed by atoms with E-state index in [1.54, 1.807) is 0 Å². The molecule has 0 saturated carbocycles. The van der Waals surface area contributed by atoms with E-state index in [4.69, 9.17) is 0 Å². The molecule has 0 bridgehead atoms. The molecule has 1 aromatic heterocycles. The molecule has 1 N–H and O–H groups in total. The van der Waals surface area contributed by atoms with Crippen molar-refractivity contribution in [3.63, 3.8) is 0 Å². The molecule has 1 aliphatic heterocycles. The van der Waals surface area contributed by atoms with Crippen LogP contribution < -0.4 is 4.72 Å². The van der Waals surface area contributed by atoms with Crippen molar-refractivity contribution in [1.82, 2.24) is 4.72 Å². The van der Waals surface area contributed by atoms with Gasteiger partial charge in [0.15, 0.2) is 0 Å². The average Bonchev–Trinajstić information content (AvgIpc) is 2.55. The van der Waals surface area contributed by atoms with Crippen LogP contribution in [0.15, 0.2) is 21.9 Å². The highest BCUT2D eigenvalue weighted by Crippen LogP contribution is 2.13. The molecule has 0 aromatic carbocycles. The van der Waals surface area contributed by atoms with Crippen molar-refractivity contribution in [2.75, 3.05) is 6.54 Å². The largest absolute Gasteiger partial charge is 0.320 e. The van der Waals surface area contributed by atoms with Crippen molar-refractivity contribution >= 4 is 27.3 Å². The Morgan fingerprint density at radius 1 is 1.58 bits per heavy atom. The molecule has 2 rings (SSSR count). The molecule has 0 unspecified atom stereocenters. The summed E-state index contributed by atoms with van der Waals surface area (Å²) in [4.78, 5) is 0.906. The molecule has 12 heavy (non-hydrogen) atoms. The molecule has 0 fully saturated rings. The van der Waals surface area contributed by atoms with Crippen LogP contribution in [-0.2, 0) is 10.2 Å². The van der Waals surface area contributed by atoms with Gasteiger partial charge in [-0.1, -0.05) is 6.07 Å². The smallest absolute Gasteiger partial charge is 0.190 e. The maximum Gasteiger partial charge on any atom is 0.320 e. The molecule has 64 valence electrons. The summed E-state index contributed by atoms with van der Waals surface area (Å²) in [5, 5.41) is 1.89. The van der Waals surface area contributed by atoms with Crippen LogP contribution in [0.3, 0.4) is 0 Å². The first-order valence-electron chi connectivity index (χ1n) is 3.30. The zero-order valence-electron chi connectivity index (χ0n) is 6.02. The molecule has 1 aromatic rings. The third kappa shape index (κ3) is 1.40. The molecule has 0 spiro atoms. The molecule has 0 radical (unpaired) electrons. The predicted molar refractivity (Wildman–Crippen MR) is 47.8 cm³/mol. The quantitative estimate of drug-likeness (QED) is 0.716. The molecule has 4 nitrogen and oxygen atoms in total. The van der Waals surface area contributed by atoms with Crippen LogP contribution >= 0.6 is 11.3 Å². The highest BCUT2D eigenvalue weighted by molar-refractivity contribution is 7.88. The minimum atomic E-state index is -3.38. The molecular formula is C6H6N2O2S2. The molecule has 0 aliphatic carbocycles. The van der Waals surface area contributed by atoms with E-state index in [9.17, 15) is 8.42 Å². The van der Waals surface area contributed by atoms with Crippen LogP contribution in [-0.4, -0.2) is 20.7 Å². The van der Waals surface area contributed by atoms with E-state index in [2.05, 4.69) is 9.12 Å². The van der Waals surface area contributed by atoms with Gasteiger partial charge in [0.2, 0.25) is 0 Å². The summed E-state index contributed by atoms with van der Waals surface area (Å²) in [5.74, 6) is 0. The van der Waals surface area contributed by atoms with Crippen molar-refractivity contribution in [2.24, 2.45) is 4.40 Å². The van der Waals surface area contributed by atoms with Crippen molar-refractivity contribution in [2.45, 2.75) is 0 Å². The molecule has 0 amide bonds. The second-order valence-electron chi connectivity index (χ2n) is 2.31. The third-order valence-corrected chi connectivity index (χ3v) is 3.35. The summed E-state index contributed by atoms with van der Waals surface area (Å²) < 4.78 is 27.5. The number of hydrogen-bond donors (Lipinski definition) is 1. The Labute approximate surface area is 74.1 Å². The number of nitrogens with zero attached hydrogens (tertiary/aromatic N) is 1. The lowest BCUT2D eigenvalue weighted by atomic mass is 10.3. The maximum absolute atomic E-state index is 10.8. The summed E-state index contributed by atoms with van der Waals surface area (Å²) >= 11 is 1.49. The van der Waals surface area contributed by atoms with Gasteiger partial charge in [0, 0.05) is 0 Å². The van der Waals surface area contributed by atoms with Gasteiger partial charge in [-0.2, -0.15) is 17.5 Å². The topological polar surface area (TPSA) is 58.5 Å². The minimum Gasteiger partial charge on any atom is -0.190 e. The van der Waals surface area contributed by atoms with Crippen LogP contribution in [0.25, 0.3) is 0 Å². The van der Waals surface area contributed by atoms with Crippen molar-refractivity contribution < 1.29 is 8.42 Å². The number of nitrogens with one attached hydrogen (secondary N) is 1. The second-order valence-corrected chi connectivity index (χ2v) is 4.68. The Bertz CT molecular complexity index is 405. The molecule has 0 saturated heterocycles. The standard InChI is InChI=1S/C6H6N2O2S2/c9-12(10)7-4-5(8-12)6-2-1-3-11-6/h1-3,7H,4H2. The summed E-state index contributed by atoms with van der Waals surface area (Å²) in [7, 11) is -3.38. The highest BCUT2D eigenvalue weighted by Gasteiger charge is 2.20. The Morgan fingerprint density at radius 3 is 2.92 bits per heavy atom. The van der Waals surface area contributed by atoms with E-state index < -0.39 is 10.2 Å². The maximum atomic E-state index is 10.8. The molecule has 0 atom stereocenters. The summed E-state index contributed by atoms with van der Waals surface area (Å²) in [6.07, 6.45) is 0. The van der Waals surface area contributed by atoms with Crippen molar-refractivity contribution in [3.8, 4) is 0 Å². The van der Waals surface area contributed by atoms with Gasteiger partial charge in [0.05, 0.1) is 17.1 Å². The van der Waals surface area contributed by atoms with Crippen LogP contribution in [0.1, 0.15) is 4.88 Å². The van der Waals surface area contributed by atoms with Gasteiger partial charge >= 0.3 is 10.2 Å². The van der Waals surface area contributed by atoms with Gasteiger partial charge in [-0.25, -0.2) is 0 Å². The predicted octanol–water partition coefficient (Wildman–Crippen LogP) is 0.385. The van der Waals surface area contributed by atoms with E-state index >= 15 is 0 Å². The Hall–Kier alpha value is -0.720. The number of rotatable bonds is 1. The fourth-order valence-electron chi connectivity index (χ4n) is 0.944. The van der Waals surface area contributed by atoms with Crippen LogP contribution in [0, 0.1) is 0 Å². The van der Waals surface area contributed by atoms with Crippen LogP contribution in [0.2, 0.25) is 0 Å². The number of hydrogen-bond acceptors (Lipinski definition) is 3. The molecule has 2 heterocycles. The summed E-state index contributed by atoms with van der Waals surface area (Å²) in [6.45, 7) is 0.308. The fourth-order valence-corrected chi connectivity index (χ4v) is 2.55. The van der Waals surface area contributed by atoms with Gasteiger partial charge < -0.3 is 0 Å². The van der Waals surface area contributed by atoms with Crippen molar-refractivity contribution in [1.29, 1.82) is 0 Å². The summed E-state index contributed by atoms with van der Waals surface area (Å²) in [5.41, 5.74) is 0.602. The van der Waals surface area contributed by atoms with Gasteiger partial charge in [-0.05, 0) is 11.4 Å². The van der Waals surface area contributed by atoms with E-state index in [-0.39, 0.29) is 0 Å².